The van der Waals surface area contributed by atoms with Crippen LogP contribution in [-0.2, 0) is 4.79 Å². The quantitative estimate of drug-likeness (QED) is 0.815. The molecule has 1 aliphatic heterocycles. The molecule has 2 aromatic heterocycles. The molecule has 2 aromatic rings. The number of rotatable bonds is 5. The van der Waals surface area contributed by atoms with Crippen LogP contribution in [0.3, 0.4) is 0 Å². The molecule has 1 aliphatic carbocycles. The highest BCUT2D eigenvalue weighted by atomic mass is 19.1. The summed E-state index contributed by atoms with van der Waals surface area (Å²) in [5.74, 6) is 1.66. The maximum Gasteiger partial charge on any atom is 0.246 e. The van der Waals surface area contributed by atoms with Gasteiger partial charge in [-0.25, -0.2) is 9.37 Å². The van der Waals surface area contributed by atoms with Gasteiger partial charge in [0.15, 0.2) is 5.82 Å². The summed E-state index contributed by atoms with van der Waals surface area (Å²) in [5.41, 5.74) is 1.40. The summed E-state index contributed by atoms with van der Waals surface area (Å²) < 4.78 is 18.7. The number of anilines is 3. The molecule has 1 amide bonds. The second-order valence-corrected chi connectivity index (χ2v) is 7.44. The lowest BCUT2D eigenvalue weighted by molar-refractivity contribution is -0.117. The van der Waals surface area contributed by atoms with E-state index in [1.807, 2.05) is 25.8 Å². The first-order valence-electron chi connectivity index (χ1n) is 9.33. The molecule has 0 spiro atoms. The molecule has 2 N–H and O–H groups in total. The monoisotopic (exact) mass is 386 g/mol. The van der Waals surface area contributed by atoms with Crippen molar-refractivity contribution >= 4 is 23.4 Å². The van der Waals surface area contributed by atoms with E-state index in [0.29, 0.717) is 29.9 Å². The van der Waals surface area contributed by atoms with Gasteiger partial charge in [-0.1, -0.05) is 0 Å². The van der Waals surface area contributed by atoms with Crippen molar-refractivity contribution < 1.29 is 13.9 Å². The molecule has 8 nitrogen and oxygen atoms in total. The van der Waals surface area contributed by atoms with Gasteiger partial charge in [-0.3, -0.25) is 9.78 Å². The van der Waals surface area contributed by atoms with Crippen molar-refractivity contribution in [3.8, 4) is 5.75 Å². The molecule has 2 aliphatic rings. The molecule has 0 aromatic carbocycles. The van der Waals surface area contributed by atoms with E-state index in [9.17, 15) is 9.18 Å². The number of aryl methyl sites for hydroxylation is 1. The molecule has 0 bridgehead atoms. The number of fused-ring (bicyclic) bond motifs is 1. The fourth-order valence-electron chi connectivity index (χ4n) is 3.47. The van der Waals surface area contributed by atoms with Crippen LogP contribution in [0.25, 0.3) is 0 Å². The summed E-state index contributed by atoms with van der Waals surface area (Å²) in [6.45, 7) is 4.23. The second-order valence-electron chi connectivity index (χ2n) is 7.44. The van der Waals surface area contributed by atoms with Crippen molar-refractivity contribution in [1.29, 1.82) is 0 Å². The van der Waals surface area contributed by atoms with Crippen molar-refractivity contribution in [2.75, 3.05) is 29.2 Å². The number of carbonyl (C=O) groups is 1. The molecule has 4 rings (SSSR count). The van der Waals surface area contributed by atoms with Gasteiger partial charge >= 0.3 is 0 Å². The molecule has 9 heteroatoms. The zero-order valence-electron chi connectivity index (χ0n) is 16.1. The molecule has 1 atom stereocenters. The van der Waals surface area contributed by atoms with E-state index >= 15 is 0 Å². The summed E-state index contributed by atoms with van der Waals surface area (Å²) in [6.07, 6.45) is 4.51. The van der Waals surface area contributed by atoms with Gasteiger partial charge in [0.25, 0.3) is 0 Å². The lowest BCUT2D eigenvalue weighted by Crippen LogP contribution is -2.45. The van der Waals surface area contributed by atoms with E-state index in [0.717, 1.165) is 30.6 Å². The van der Waals surface area contributed by atoms with Gasteiger partial charge < -0.3 is 20.3 Å². The third-order valence-electron chi connectivity index (χ3n) is 5.35. The Labute approximate surface area is 162 Å². The van der Waals surface area contributed by atoms with E-state index in [1.165, 1.54) is 12.3 Å². The van der Waals surface area contributed by atoms with Crippen LogP contribution < -0.4 is 20.3 Å². The van der Waals surface area contributed by atoms with E-state index in [1.54, 1.807) is 0 Å². The normalized spacial score (nSPS) is 23.5. The number of halogens is 1. The van der Waals surface area contributed by atoms with E-state index in [2.05, 4.69) is 25.6 Å². The van der Waals surface area contributed by atoms with Gasteiger partial charge in [-0.2, -0.15) is 4.98 Å². The summed E-state index contributed by atoms with van der Waals surface area (Å²) in [4.78, 5) is 26.7. The average Bonchev–Trinajstić information content (AvgIpc) is 2.63. The number of nitrogens with one attached hydrogen (secondary N) is 2. The van der Waals surface area contributed by atoms with Gasteiger partial charge in [-0.05, 0) is 32.6 Å². The predicted octanol–water partition coefficient (Wildman–Crippen LogP) is 2.37. The second kappa shape index (κ2) is 7.21. The van der Waals surface area contributed by atoms with Crippen LogP contribution in [0.15, 0.2) is 18.5 Å². The molecule has 1 fully saturated rings. The lowest BCUT2D eigenvalue weighted by atomic mass is 9.81. The van der Waals surface area contributed by atoms with Crippen molar-refractivity contribution in [2.24, 2.45) is 5.92 Å². The first-order valence-corrected chi connectivity index (χ1v) is 9.33. The minimum absolute atomic E-state index is 0.0576. The van der Waals surface area contributed by atoms with Crippen molar-refractivity contribution in [3.63, 3.8) is 0 Å². The van der Waals surface area contributed by atoms with E-state index in [4.69, 9.17) is 4.74 Å². The molecule has 0 unspecified atom stereocenters. The maximum atomic E-state index is 13.1. The molecule has 148 valence electrons. The SMILES string of the molecule is Cc1nc(N[C@H]2C[C@@H](COc3cncc(F)c3)C2)nc2c1NC(=O)[C@H](C)N2C. The number of aromatic nitrogens is 3. The Bertz CT molecular complexity index is 902. The summed E-state index contributed by atoms with van der Waals surface area (Å²) >= 11 is 0. The number of likely N-dealkylation sites (N-methyl/N-ethyl adjacent to an activating group) is 1. The van der Waals surface area contributed by atoms with Gasteiger partial charge in [-0.15, -0.1) is 0 Å². The Morgan fingerprint density at radius 2 is 2.14 bits per heavy atom. The van der Waals surface area contributed by atoms with Gasteiger partial charge in [0.1, 0.15) is 23.3 Å². The van der Waals surface area contributed by atoms with Crippen LogP contribution in [0.2, 0.25) is 0 Å². The Hall–Kier alpha value is -2.97. The number of hydrogen-bond donors (Lipinski definition) is 2. The molecule has 28 heavy (non-hydrogen) atoms. The maximum absolute atomic E-state index is 13.1. The Kier molecular flexibility index (Phi) is 4.74. The van der Waals surface area contributed by atoms with E-state index in [-0.39, 0.29) is 18.0 Å². The largest absolute Gasteiger partial charge is 0.492 e. The highest BCUT2D eigenvalue weighted by molar-refractivity contribution is 6.03. The highest BCUT2D eigenvalue weighted by Crippen LogP contribution is 2.34. The molecule has 0 radical (unpaired) electrons. The fraction of sp³-hybridized carbons (Fsp3) is 0.474. The molecular weight excluding hydrogens is 363 g/mol. The van der Waals surface area contributed by atoms with Crippen molar-refractivity contribution in [2.45, 2.75) is 38.8 Å². The minimum Gasteiger partial charge on any atom is -0.492 e. The summed E-state index contributed by atoms with van der Waals surface area (Å²) in [7, 11) is 1.86. The summed E-state index contributed by atoms with van der Waals surface area (Å²) in [6, 6.07) is 1.32. The van der Waals surface area contributed by atoms with E-state index < -0.39 is 5.82 Å². The van der Waals surface area contributed by atoms with Crippen LogP contribution in [0.1, 0.15) is 25.5 Å². The Morgan fingerprint density at radius 3 is 2.89 bits per heavy atom. The highest BCUT2D eigenvalue weighted by Gasteiger charge is 2.33. The Balaban J connectivity index is 1.34. The topological polar surface area (TPSA) is 92.3 Å². The van der Waals surface area contributed by atoms with Crippen LogP contribution in [-0.4, -0.2) is 46.6 Å². The zero-order chi connectivity index (χ0) is 19.8. The van der Waals surface area contributed by atoms with Crippen LogP contribution in [0, 0.1) is 18.7 Å². The molecule has 3 heterocycles. The smallest absolute Gasteiger partial charge is 0.246 e. The van der Waals surface area contributed by atoms with Crippen LogP contribution in [0.4, 0.5) is 21.8 Å². The van der Waals surface area contributed by atoms with Gasteiger partial charge in [0.05, 0.1) is 24.7 Å². The third-order valence-corrected chi connectivity index (χ3v) is 5.35. The van der Waals surface area contributed by atoms with Crippen molar-refractivity contribution in [1.82, 2.24) is 15.0 Å². The predicted molar refractivity (Wildman–Crippen MR) is 103 cm³/mol. The van der Waals surface area contributed by atoms with Gasteiger partial charge in [0, 0.05) is 19.2 Å². The van der Waals surface area contributed by atoms with Crippen LogP contribution in [0.5, 0.6) is 5.75 Å². The first kappa shape index (κ1) is 18.4. The van der Waals surface area contributed by atoms with Crippen LogP contribution >= 0.6 is 0 Å². The third kappa shape index (κ3) is 3.56. The number of ether oxygens (including phenoxy) is 1. The minimum atomic E-state index is -0.402. The van der Waals surface area contributed by atoms with Gasteiger partial charge in [0.2, 0.25) is 11.9 Å². The number of pyridine rings is 1. The molecule has 1 saturated carbocycles. The lowest BCUT2D eigenvalue weighted by Gasteiger charge is -2.36. The fourth-order valence-corrected chi connectivity index (χ4v) is 3.47. The first-order chi connectivity index (χ1) is 13.4. The number of amides is 1. The zero-order valence-corrected chi connectivity index (χ0v) is 16.1. The van der Waals surface area contributed by atoms with Crippen molar-refractivity contribution in [3.05, 3.63) is 30.0 Å². The molecule has 0 saturated heterocycles. The number of carbonyl (C=O) groups excluding carboxylic acids is 1. The molecular formula is C19H23FN6O2. The average molecular weight is 386 g/mol. The summed E-state index contributed by atoms with van der Waals surface area (Å²) in [5, 5.41) is 6.24. The number of nitrogens with zero attached hydrogens (tertiary/aromatic N) is 4. The Morgan fingerprint density at radius 1 is 1.36 bits per heavy atom. The number of hydrogen-bond acceptors (Lipinski definition) is 7. The standard InChI is InChI=1S/C19H23FN6O2/c1-10-16-17(26(3)11(2)18(27)24-16)25-19(22-10)23-14-4-12(5-14)9-28-15-6-13(20)7-21-8-15/h6-8,11-12,14H,4-5,9H2,1-3H3,(H,24,27)(H,22,23,25)/t11-,12-,14+/m0/s1.